The maximum Gasteiger partial charge on any atom is 0.0701 e. The highest BCUT2D eigenvalue weighted by molar-refractivity contribution is 14.1. The van der Waals surface area contributed by atoms with Crippen LogP contribution in [0.2, 0.25) is 0 Å². The van der Waals surface area contributed by atoms with E-state index < -0.39 is 0 Å². The SMILES string of the molecule is CNCCOCCOCCOCCOCCOCCOCCOCCOCCOCCOCCOCCI. The van der Waals surface area contributed by atoms with E-state index in [1.54, 1.807) is 0 Å². The van der Waals surface area contributed by atoms with Crippen molar-refractivity contribution in [3.05, 3.63) is 0 Å². The van der Waals surface area contributed by atoms with E-state index in [1.807, 2.05) is 7.05 Å². The van der Waals surface area contributed by atoms with E-state index in [0.29, 0.717) is 139 Å². The summed E-state index contributed by atoms with van der Waals surface area (Å²) in [6, 6.07) is 0. The van der Waals surface area contributed by atoms with Gasteiger partial charge in [0.2, 0.25) is 0 Å². The third-order valence-electron chi connectivity index (χ3n) is 4.44. The first-order valence-electron chi connectivity index (χ1n) is 13.5. The summed E-state index contributed by atoms with van der Waals surface area (Å²) in [5, 5.41) is 3.02. The molecular weight excluding hydrogens is 617 g/mol. The molecule has 0 aromatic carbocycles. The van der Waals surface area contributed by atoms with Gasteiger partial charge in [-0.3, -0.25) is 0 Å². The normalized spacial score (nSPS) is 11.5. The van der Waals surface area contributed by atoms with E-state index in [9.17, 15) is 0 Å². The third-order valence-corrected chi connectivity index (χ3v) is 4.88. The Morgan fingerprint density at radius 3 is 0.684 bits per heavy atom. The molecular formula is C25H52INO11. The molecule has 0 bridgehead atoms. The average molecular weight is 670 g/mol. The molecule has 0 saturated heterocycles. The molecule has 38 heavy (non-hydrogen) atoms. The van der Waals surface area contributed by atoms with Gasteiger partial charge >= 0.3 is 0 Å². The first-order chi connectivity index (χ1) is 18.9. The van der Waals surface area contributed by atoms with Gasteiger partial charge in [0.1, 0.15) is 0 Å². The molecule has 0 rings (SSSR count). The monoisotopic (exact) mass is 669 g/mol. The largest absolute Gasteiger partial charge is 0.378 e. The van der Waals surface area contributed by atoms with Crippen LogP contribution in [0.15, 0.2) is 0 Å². The van der Waals surface area contributed by atoms with Crippen molar-refractivity contribution in [2.75, 3.05) is 163 Å². The van der Waals surface area contributed by atoms with Crippen LogP contribution in [0.4, 0.5) is 0 Å². The second-order valence-corrected chi connectivity index (χ2v) is 8.61. The predicted octanol–water partition coefficient (Wildman–Crippen LogP) is 0.823. The number of hydrogen-bond acceptors (Lipinski definition) is 12. The molecule has 13 heteroatoms. The summed E-state index contributed by atoms with van der Waals surface area (Å²) in [7, 11) is 1.90. The van der Waals surface area contributed by atoms with Crippen LogP contribution in [0.25, 0.3) is 0 Å². The van der Waals surface area contributed by atoms with Crippen LogP contribution in [0, 0.1) is 0 Å². The smallest absolute Gasteiger partial charge is 0.0701 e. The minimum Gasteiger partial charge on any atom is -0.378 e. The second-order valence-electron chi connectivity index (χ2n) is 7.53. The van der Waals surface area contributed by atoms with Crippen LogP contribution in [0.3, 0.4) is 0 Å². The van der Waals surface area contributed by atoms with Crippen molar-refractivity contribution < 1.29 is 52.1 Å². The summed E-state index contributed by atoms with van der Waals surface area (Å²) in [5.41, 5.74) is 0. The van der Waals surface area contributed by atoms with Crippen molar-refractivity contribution in [1.82, 2.24) is 5.32 Å². The van der Waals surface area contributed by atoms with Crippen molar-refractivity contribution in [2.45, 2.75) is 0 Å². The van der Waals surface area contributed by atoms with Gasteiger partial charge in [0.05, 0.1) is 145 Å². The van der Waals surface area contributed by atoms with Gasteiger partial charge < -0.3 is 57.4 Å². The van der Waals surface area contributed by atoms with Crippen molar-refractivity contribution in [3.63, 3.8) is 0 Å². The van der Waals surface area contributed by atoms with Crippen LogP contribution in [-0.2, 0) is 52.1 Å². The minimum atomic E-state index is 0.524. The Bertz CT molecular complexity index is 382. The lowest BCUT2D eigenvalue weighted by Gasteiger charge is -2.09. The maximum atomic E-state index is 5.46. The molecule has 1 N–H and O–H groups in total. The summed E-state index contributed by atoms with van der Waals surface area (Å²) in [6.45, 7) is 13.3. The number of ether oxygens (including phenoxy) is 11. The quantitative estimate of drug-likeness (QED) is 0.0586. The fraction of sp³-hybridized carbons (Fsp3) is 1.00. The highest BCUT2D eigenvalue weighted by Gasteiger charge is 1.96. The van der Waals surface area contributed by atoms with E-state index in [1.165, 1.54) is 0 Å². The molecule has 0 aliphatic carbocycles. The number of alkyl halides is 1. The van der Waals surface area contributed by atoms with Crippen molar-refractivity contribution in [1.29, 1.82) is 0 Å². The van der Waals surface area contributed by atoms with Crippen molar-refractivity contribution >= 4 is 22.6 Å². The molecule has 230 valence electrons. The van der Waals surface area contributed by atoms with E-state index in [4.69, 9.17) is 52.1 Å². The Morgan fingerprint density at radius 2 is 0.500 bits per heavy atom. The zero-order chi connectivity index (χ0) is 27.5. The zero-order valence-electron chi connectivity index (χ0n) is 23.3. The number of halogens is 1. The van der Waals surface area contributed by atoms with Crippen LogP contribution in [0.5, 0.6) is 0 Å². The van der Waals surface area contributed by atoms with Gasteiger partial charge in [0, 0.05) is 11.0 Å². The minimum absolute atomic E-state index is 0.524. The first-order valence-corrected chi connectivity index (χ1v) is 15.0. The van der Waals surface area contributed by atoms with Crippen molar-refractivity contribution in [3.8, 4) is 0 Å². The fourth-order valence-corrected chi connectivity index (χ4v) is 2.84. The summed E-state index contributed by atoms with van der Waals surface area (Å²) in [5.74, 6) is 0. The Hall–Kier alpha value is 0.250. The molecule has 0 radical (unpaired) electrons. The standard InChI is InChI=1S/C25H52INO11/c1-27-3-5-29-7-9-31-11-13-33-15-17-35-19-21-37-23-25-38-24-22-36-20-18-34-16-14-32-12-10-30-8-6-28-4-2-26/h27H,2-25H2,1H3. The molecule has 0 saturated carbocycles. The summed E-state index contributed by atoms with van der Waals surface area (Å²) < 4.78 is 60.6. The lowest BCUT2D eigenvalue weighted by molar-refractivity contribution is -0.0273. The first kappa shape index (κ1) is 38.2. The lowest BCUT2D eigenvalue weighted by Crippen LogP contribution is -2.17. The topological polar surface area (TPSA) is 114 Å². The van der Waals surface area contributed by atoms with Crippen LogP contribution in [0.1, 0.15) is 0 Å². The number of rotatable bonds is 35. The van der Waals surface area contributed by atoms with Gasteiger partial charge in [-0.15, -0.1) is 0 Å². The van der Waals surface area contributed by atoms with E-state index in [0.717, 1.165) is 17.6 Å². The predicted molar refractivity (Wildman–Crippen MR) is 152 cm³/mol. The second kappa shape index (κ2) is 37.2. The van der Waals surface area contributed by atoms with Crippen molar-refractivity contribution in [2.24, 2.45) is 0 Å². The molecule has 0 aliphatic rings. The van der Waals surface area contributed by atoms with Gasteiger partial charge in [-0.05, 0) is 7.05 Å². The molecule has 12 nitrogen and oxygen atoms in total. The molecule has 0 fully saturated rings. The van der Waals surface area contributed by atoms with Gasteiger partial charge in [-0.25, -0.2) is 0 Å². The molecule has 0 atom stereocenters. The molecule has 0 heterocycles. The molecule has 0 aromatic heterocycles. The average Bonchev–Trinajstić information content (AvgIpc) is 2.93. The fourth-order valence-electron chi connectivity index (χ4n) is 2.53. The lowest BCUT2D eigenvalue weighted by atomic mass is 10.6. The number of likely N-dealkylation sites (N-methyl/N-ethyl adjacent to an activating group) is 1. The third kappa shape index (κ3) is 36.2. The molecule has 0 aliphatic heterocycles. The Morgan fingerprint density at radius 1 is 0.316 bits per heavy atom. The molecule has 0 amide bonds. The number of nitrogens with one attached hydrogen (secondary N) is 1. The van der Waals surface area contributed by atoms with E-state index in [2.05, 4.69) is 27.9 Å². The van der Waals surface area contributed by atoms with E-state index in [-0.39, 0.29) is 0 Å². The Kier molecular flexibility index (Phi) is 37.5. The zero-order valence-corrected chi connectivity index (χ0v) is 25.5. The molecule has 0 unspecified atom stereocenters. The van der Waals surface area contributed by atoms with Crippen LogP contribution in [-0.4, -0.2) is 163 Å². The van der Waals surface area contributed by atoms with Gasteiger partial charge in [0.25, 0.3) is 0 Å². The summed E-state index contributed by atoms with van der Waals surface area (Å²) in [6.07, 6.45) is 0. The van der Waals surface area contributed by atoms with Crippen LogP contribution >= 0.6 is 22.6 Å². The maximum absolute atomic E-state index is 5.46. The summed E-state index contributed by atoms with van der Waals surface area (Å²) in [4.78, 5) is 0. The number of hydrogen-bond donors (Lipinski definition) is 1. The van der Waals surface area contributed by atoms with E-state index >= 15 is 0 Å². The Labute approximate surface area is 243 Å². The highest BCUT2D eigenvalue weighted by atomic mass is 127. The highest BCUT2D eigenvalue weighted by Crippen LogP contribution is 1.87. The summed E-state index contributed by atoms with van der Waals surface area (Å²) >= 11 is 2.28. The van der Waals surface area contributed by atoms with Crippen LogP contribution < -0.4 is 5.32 Å². The van der Waals surface area contributed by atoms with Gasteiger partial charge in [0.15, 0.2) is 0 Å². The van der Waals surface area contributed by atoms with Gasteiger partial charge in [-0.1, -0.05) is 22.6 Å². The Balaban J connectivity index is 3.01. The molecule has 0 spiro atoms. The van der Waals surface area contributed by atoms with Gasteiger partial charge in [-0.2, -0.15) is 0 Å². The molecule has 0 aromatic rings.